The second-order valence-corrected chi connectivity index (χ2v) is 4.65. The number of hydrogen-bond donors (Lipinski definition) is 2. The summed E-state index contributed by atoms with van der Waals surface area (Å²) >= 11 is 1.86. The highest BCUT2D eigenvalue weighted by Crippen LogP contribution is 1.98. The number of hydrogen-bond acceptors (Lipinski definition) is 4. The molecule has 0 aromatic carbocycles. The highest BCUT2D eigenvalue weighted by atomic mass is 32.2. The molecule has 0 spiro atoms. The van der Waals surface area contributed by atoms with Crippen LogP contribution in [0.5, 0.6) is 0 Å². The van der Waals surface area contributed by atoms with Gasteiger partial charge in [-0.1, -0.05) is 0 Å². The first-order chi connectivity index (χ1) is 7.72. The first kappa shape index (κ1) is 15.7. The van der Waals surface area contributed by atoms with Crippen LogP contribution in [0.3, 0.4) is 0 Å². The van der Waals surface area contributed by atoms with E-state index in [2.05, 4.69) is 16.9 Å². The number of rotatable bonds is 10. The topological polar surface area (TPSA) is 50.4 Å². The molecule has 0 heterocycles. The van der Waals surface area contributed by atoms with E-state index < -0.39 is 0 Å². The predicted molar refractivity (Wildman–Crippen MR) is 70.0 cm³/mol. The maximum absolute atomic E-state index is 11.5. The van der Waals surface area contributed by atoms with Gasteiger partial charge in [-0.2, -0.15) is 11.8 Å². The fraction of sp³-hybridized carbons (Fsp3) is 0.909. The number of nitrogens with one attached hydrogen (secondary N) is 2. The van der Waals surface area contributed by atoms with Crippen molar-refractivity contribution in [3.8, 4) is 0 Å². The lowest BCUT2D eigenvalue weighted by molar-refractivity contribution is -0.122. The number of carbonyl (C=O) groups is 1. The van der Waals surface area contributed by atoms with E-state index >= 15 is 0 Å². The lowest BCUT2D eigenvalue weighted by atomic mass is 10.2. The Kier molecular flexibility index (Phi) is 11.0. The standard InChI is InChI=1S/C11H24N2O2S/c1-10(11(14)13-7-8-15-2)12-6-4-5-9-16-3/h10,12H,4-9H2,1-3H3,(H,13,14). The van der Waals surface area contributed by atoms with Gasteiger partial charge in [0.05, 0.1) is 12.6 Å². The van der Waals surface area contributed by atoms with Crippen molar-refractivity contribution in [3.63, 3.8) is 0 Å². The van der Waals surface area contributed by atoms with Gasteiger partial charge in [0.15, 0.2) is 0 Å². The van der Waals surface area contributed by atoms with Gasteiger partial charge in [-0.15, -0.1) is 0 Å². The molecule has 0 aromatic heterocycles. The molecular weight excluding hydrogens is 224 g/mol. The molecule has 0 aliphatic heterocycles. The van der Waals surface area contributed by atoms with E-state index in [1.54, 1.807) is 7.11 Å². The van der Waals surface area contributed by atoms with Crippen LogP contribution in [0.25, 0.3) is 0 Å². The Morgan fingerprint density at radius 3 is 2.75 bits per heavy atom. The molecule has 2 N–H and O–H groups in total. The smallest absolute Gasteiger partial charge is 0.236 e. The predicted octanol–water partition coefficient (Wildman–Crippen LogP) is 0.870. The molecule has 0 saturated carbocycles. The minimum absolute atomic E-state index is 0.0434. The Bertz CT molecular complexity index is 179. The van der Waals surface area contributed by atoms with Crippen LogP contribution >= 0.6 is 11.8 Å². The van der Waals surface area contributed by atoms with Gasteiger partial charge in [-0.3, -0.25) is 4.79 Å². The summed E-state index contributed by atoms with van der Waals surface area (Å²) in [5.41, 5.74) is 0. The molecule has 16 heavy (non-hydrogen) atoms. The van der Waals surface area contributed by atoms with E-state index in [0.29, 0.717) is 13.2 Å². The third kappa shape index (κ3) is 9.00. The lowest BCUT2D eigenvalue weighted by Gasteiger charge is -2.13. The zero-order chi connectivity index (χ0) is 12.2. The van der Waals surface area contributed by atoms with Gasteiger partial charge in [0.1, 0.15) is 0 Å². The summed E-state index contributed by atoms with van der Waals surface area (Å²) in [5.74, 6) is 1.23. The van der Waals surface area contributed by atoms with Crippen LogP contribution in [0.4, 0.5) is 0 Å². The number of unbranched alkanes of at least 4 members (excludes halogenated alkanes) is 1. The zero-order valence-electron chi connectivity index (χ0n) is 10.5. The average molecular weight is 248 g/mol. The van der Waals surface area contributed by atoms with Crippen molar-refractivity contribution >= 4 is 17.7 Å². The van der Waals surface area contributed by atoms with Crippen molar-refractivity contribution in [3.05, 3.63) is 0 Å². The van der Waals surface area contributed by atoms with Crippen LogP contribution in [0, 0.1) is 0 Å². The maximum Gasteiger partial charge on any atom is 0.236 e. The minimum atomic E-state index is -0.119. The quantitative estimate of drug-likeness (QED) is 0.563. The Labute approximate surface area is 103 Å². The van der Waals surface area contributed by atoms with Gasteiger partial charge in [0, 0.05) is 13.7 Å². The summed E-state index contributed by atoms with van der Waals surface area (Å²) in [6, 6.07) is -0.119. The molecule has 96 valence electrons. The molecule has 0 rings (SSSR count). The summed E-state index contributed by atoms with van der Waals surface area (Å²) in [5, 5.41) is 6.01. The molecular formula is C11H24N2O2S. The van der Waals surface area contributed by atoms with Crippen molar-refractivity contribution in [2.75, 3.05) is 38.8 Å². The number of thioether (sulfide) groups is 1. The Hall–Kier alpha value is -0.260. The van der Waals surface area contributed by atoms with Crippen molar-refractivity contribution in [1.29, 1.82) is 0 Å². The van der Waals surface area contributed by atoms with Gasteiger partial charge in [0.2, 0.25) is 5.91 Å². The molecule has 0 aromatic rings. The Balaban J connectivity index is 3.40. The number of ether oxygens (including phenoxy) is 1. The minimum Gasteiger partial charge on any atom is -0.383 e. The molecule has 5 heteroatoms. The van der Waals surface area contributed by atoms with Crippen LogP contribution in [-0.4, -0.2) is 50.8 Å². The molecule has 0 bridgehead atoms. The first-order valence-electron chi connectivity index (χ1n) is 5.71. The molecule has 1 amide bonds. The highest BCUT2D eigenvalue weighted by Gasteiger charge is 2.10. The third-order valence-electron chi connectivity index (χ3n) is 2.22. The van der Waals surface area contributed by atoms with Crippen LogP contribution < -0.4 is 10.6 Å². The third-order valence-corrected chi connectivity index (χ3v) is 2.92. The van der Waals surface area contributed by atoms with E-state index in [-0.39, 0.29) is 11.9 Å². The summed E-state index contributed by atoms with van der Waals surface area (Å²) in [6.45, 7) is 3.93. The van der Waals surface area contributed by atoms with Crippen LogP contribution in [-0.2, 0) is 9.53 Å². The molecule has 1 unspecified atom stereocenters. The molecule has 1 atom stereocenters. The molecule has 0 aliphatic carbocycles. The summed E-state index contributed by atoms with van der Waals surface area (Å²) < 4.78 is 4.86. The van der Waals surface area contributed by atoms with Gasteiger partial charge in [-0.05, 0) is 38.3 Å². The van der Waals surface area contributed by atoms with Crippen LogP contribution in [0.1, 0.15) is 19.8 Å². The second-order valence-electron chi connectivity index (χ2n) is 3.66. The molecule has 0 aliphatic rings. The fourth-order valence-corrected chi connectivity index (χ4v) is 1.70. The van der Waals surface area contributed by atoms with E-state index in [9.17, 15) is 4.79 Å². The zero-order valence-corrected chi connectivity index (χ0v) is 11.4. The molecule has 4 nitrogen and oxygen atoms in total. The van der Waals surface area contributed by atoms with Crippen molar-refractivity contribution in [1.82, 2.24) is 10.6 Å². The summed E-state index contributed by atoms with van der Waals surface area (Å²) in [4.78, 5) is 11.5. The van der Waals surface area contributed by atoms with Gasteiger partial charge in [-0.25, -0.2) is 0 Å². The fourth-order valence-electron chi connectivity index (χ4n) is 1.21. The summed E-state index contributed by atoms with van der Waals surface area (Å²) in [6.07, 6.45) is 4.43. The first-order valence-corrected chi connectivity index (χ1v) is 7.10. The highest BCUT2D eigenvalue weighted by molar-refractivity contribution is 7.98. The molecule has 0 fully saturated rings. The Morgan fingerprint density at radius 1 is 1.38 bits per heavy atom. The number of amides is 1. The second kappa shape index (κ2) is 11.2. The van der Waals surface area contributed by atoms with E-state index in [1.807, 2.05) is 18.7 Å². The maximum atomic E-state index is 11.5. The van der Waals surface area contributed by atoms with E-state index in [4.69, 9.17) is 4.74 Å². The van der Waals surface area contributed by atoms with Gasteiger partial charge >= 0.3 is 0 Å². The SMILES string of the molecule is COCCNC(=O)C(C)NCCCCSC. The summed E-state index contributed by atoms with van der Waals surface area (Å²) in [7, 11) is 1.62. The number of carbonyl (C=O) groups excluding carboxylic acids is 1. The van der Waals surface area contributed by atoms with E-state index in [1.165, 1.54) is 12.2 Å². The largest absolute Gasteiger partial charge is 0.383 e. The number of methoxy groups -OCH3 is 1. The van der Waals surface area contributed by atoms with Crippen LogP contribution in [0.15, 0.2) is 0 Å². The average Bonchev–Trinajstić information content (AvgIpc) is 2.28. The normalized spacial score (nSPS) is 12.4. The van der Waals surface area contributed by atoms with Gasteiger partial charge in [0.25, 0.3) is 0 Å². The van der Waals surface area contributed by atoms with Crippen molar-refractivity contribution in [2.45, 2.75) is 25.8 Å². The molecule has 0 saturated heterocycles. The van der Waals surface area contributed by atoms with E-state index in [0.717, 1.165) is 13.0 Å². The van der Waals surface area contributed by atoms with Gasteiger partial charge < -0.3 is 15.4 Å². The lowest BCUT2D eigenvalue weighted by Crippen LogP contribution is -2.43. The van der Waals surface area contributed by atoms with Crippen molar-refractivity contribution < 1.29 is 9.53 Å². The Morgan fingerprint density at radius 2 is 2.12 bits per heavy atom. The monoisotopic (exact) mass is 248 g/mol. The van der Waals surface area contributed by atoms with Crippen molar-refractivity contribution in [2.24, 2.45) is 0 Å². The van der Waals surface area contributed by atoms with Crippen LogP contribution in [0.2, 0.25) is 0 Å². The molecule has 0 radical (unpaired) electrons.